The molecular formula is C31H35FN2O2. The lowest BCUT2D eigenvalue weighted by Gasteiger charge is -2.33. The van der Waals surface area contributed by atoms with Crippen LogP contribution >= 0.6 is 0 Å². The van der Waals surface area contributed by atoms with Gasteiger partial charge in [0.2, 0.25) is 11.8 Å². The molecule has 3 aromatic carbocycles. The molecule has 2 amide bonds. The molecule has 0 aromatic heterocycles. The van der Waals surface area contributed by atoms with Crippen LogP contribution in [0.5, 0.6) is 0 Å². The predicted molar refractivity (Wildman–Crippen MR) is 141 cm³/mol. The molecule has 0 unspecified atom stereocenters. The van der Waals surface area contributed by atoms with Gasteiger partial charge in [0, 0.05) is 19.0 Å². The maximum atomic E-state index is 13.8. The molecule has 1 aliphatic carbocycles. The summed E-state index contributed by atoms with van der Waals surface area (Å²) in [7, 11) is 0. The number of hydrogen-bond acceptors (Lipinski definition) is 2. The van der Waals surface area contributed by atoms with E-state index in [1.165, 1.54) is 18.6 Å². The fraction of sp³-hybridized carbons (Fsp3) is 0.355. The normalized spacial score (nSPS) is 14.7. The summed E-state index contributed by atoms with van der Waals surface area (Å²) in [5, 5.41) is 3.26. The fourth-order valence-corrected chi connectivity index (χ4v) is 4.98. The molecule has 0 heterocycles. The average Bonchev–Trinajstić information content (AvgIpc) is 2.88. The van der Waals surface area contributed by atoms with Crippen molar-refractivity contribution in [2.45, 2.75) is 70.5 Å². The Hall–Kier alpha value is -3.47. The zero-order valence-electron chi connectivity index (χ0n) is 21.0. The van der Waals surface area contributed by atoms with Crippen molar-refractivity contribution < 1.29 is 14.0 Å². The van der Waals surface area contributed by atoms with Crippen LogP contribution in [0.3, 0.4) is 0 Å². The van der Waals surface area contributed by atoms with Gasteiger partial charge in [0.1, 0.15) is 11.9 Å². The number of benzene rings is 3. The third-order valence-corrected chi connectivity index (χ3v) is 6.93. The van der Waals surface area contributed by atoms with E-state index in [-0.39, 0.29) is 30.1 Å². The number of nitrogens with one attached hydrogen (secondary N) is 1. The standard InChI is InChI=1S/C31H35FN2O2/c1-23-9-8-12-26(19-23)22-34(30(35)21-25-15-17-27(32)18-16-25)29(20-24-10-4-2-5-11-24)31(36)33-28-13-6-3-7-14-28/h2,4-5,8-12,15-19,28-29H,3,6-7,13-14,20-22H2,1H3,(H,33,36)/t29-/m0/s1. The van der Waals surface area contributed by atoms with Crippen LogP contribution in [0.15, 0.2) is 78.9 Å². The van der Waals surface area contributed by atoms with Gasteiger partial charge in [0.05, 0.1) is 6.42 Å². The van der Waals surface area contributed by atoms with Gasteiger partial charge in [-0.2, -0.15) is 0 Å². The van der Waals surface area contributed by atoms with E-state index in [9.17, 15) is 14.0 Å². The Bertz CT molecular complexity index is 1140. The molecule has 4 nitrogen and oxygen atoms in total. The maximum absolute atomic E-state index is 13.8. The summed E-state index contributed by atoms with van der Waals surface area (Å²) in [6.07, 6.45) is 5.93. The van der Waals surface area contributed by atoms with E-state index in [1.807, 2.05) is 55.5 Å². The Balaban J connectivity index is 1.65. The highest BCUT2D eigenvalue weighted by Crippen LogP contribution is 2.21. The van der Waals surface area contributed by atoms with E-state index in [1.54, 1.807) is 17.0 Å². The first kappa shape index (κ1) is 25.6. The zero-order chi connectivity index (χ0) is 25.3. The van der Waals surface area contributed by atoms with Gasteiger partial charge in [-0.1, -0.05) is 91.6 Å². The Labute approximate surface area is 213 Å². The molecule has 188 valence electrons. The van der Waals surface area contributed by atoms with Gasteiger partial charge in [-0.25, -0.2) is 4.39 Å². The van der Waals surface area contributed by atoms with Crippen LogP contribution in [0.4, 0.5) is 4.39 Å². The molecule has 36 heavy (non-hydrogen) atoms. The molecule has 0 spiro atoms. The third-order valence-electron chi connectivity index (χ3n) is 6.93. The molecule has 5 heteroatoms. The number of nitrogens with zero attached hydrogens (tertiary/aromatic N) is 1. The monoisotopic (exact) mass is 486 g/mol. The highest BCUT2D eigenvalue weighted by molar-refractivity contribution is 5.89. The maximum Gasteiger partial charge on any atom is 0.243 e. The smallest absolute Gasteiger partial charge is 0.243 e. The van der Waals surface area contributed by atoms with Gasteiger partial charge in [-0.05, 0) is 48.6 Å². The lowest BCUT2D eigenvalue weighted by Crippen LogP contribution is -2.53. The largest absolute Gasteiger partial charge is 0.352 e. The Kier molecular flexibility index (Phi) is 8.88. The molecule has 3 aromatic rings. The third kappa shape index (κ3) is 7.27. The second-order valence-electron chi connectivity index (χ2n) is 9.86. The van der Waals surface area contributed by atoms with Gasteiger partial charge >= 0.3 is 0 Å². The van der Waals surface area contributed by atoms with Crippen molar-refractivity contribution in [3.63, 3.8) is 0 Å². The van der Waals surface area contributed by atoms with Crippen molar-refractivity contribution >= 4 is 11.8 Å². The van der Waals surface area contributed by atoms with Gasteiger partial charge in [-0.15, -0.1) is 0 Å². The van der Waals surface area contributed by atoms with Crippen molar-refractivity contribution in [3.8, 4) is 0 Å². The van der Waals surface area contributed by atoms with Crippen LogP contribution in [0.25, 0.3) is 0 Å². The summed E-state index contributed by atoms with van der Waals surface area (Å²) >= 11 is 0. The van der Waals surface area contributed by atoms with Crippen LogP contribution in [0, 0.1) is 12.7 Å². The molecule has 0 bridgehead atoms. The number of rotatable bonds is 9. The van der Waals surface area contributed by atoms with Crippen LogP contribution in [0.2, 0.25) is 0 Å². The van der Waals surface area contributed by atoms with E-state index in [0.29, 0.717) is 13.0 Å². The molecule has 0 radical (unpaired) electrons. The van der Waals surface area contributed by atoms with Crippen molar-refractivity contribution in [1.82, 2.24) is 10.2 Å². The van der Waals surface area contributed by atoms with Gasteiger partial charge in [0.15, 0.2) is 0 Å². The zero-order valence-corrected chi connectivity index (χ0v) is 21.0. The van der Waals surface area contributed by atoms with E-state index in [2.05, 4.69) is 11.4 Å². The van der Waals surface area contributed by atoms with Gasteiger partial charge in [-0.3, -0.25) is 9.59 Å². The number of aryl methyl sites for hydroxylation is 1. The second kappa shape index (κ2) is 12.5. The van der Waals surface area contributed by atoms with E-state index >= 15 is 0 Å². The van der Waals surface area contributed by atoms with Crippen LogP contribution < -0.4 is 5.32 Å². The highest BCUT2D eigenvalue weighted by atomic mass is 19.1. The molecule has 4 rings (SSSR count). The van der Waals surface area contributed by atoms with Crippen LogP contribution in [-0.4, -0.2) is 28.8 Å². The van der Waals surface area contributed by atoms with Crippen LogP contribution in [-0.2, 0) is 29.0 Å². The molecule has 1 N–H and O–H groups in total. The molecule has 1 fully saturated rings. The molecule has 1 saturated carbocycles. The fourth-order valence-electron chi connectivity index (χ4n) is 4.98. The first-order valence-corrected chi connectivity index (χ1v) is 12.9. The lowest BCUT2D eigenvalue weighted by atomic mass is 9.94. The number of carbonyl (C=O) groups excluding carboxylic acids is 2. The summed E-state index contributed by atoms with van der Waals surface area (Å²) < 4.78 is 13.5. The van der Waals surface area contributed by atoms with Crippen molar-refractivity contribution in [3.05, 3.63) is 107 Å². The number of carbonyl (C=O) groups is 2. The second-order valence-corrected chi connectivity index (χ2v) is 9.86. The molecule has 0 aliphatic heterocycles. The lowest BCUT2D eigenvalue weighted by molar-refractivity contribution is -0.141. The predicted octanol–water partition coefficient (Wildman–Crippen LogP) is 5.77. The van der Waals surface area contributed by atoms with Crippen molar-refractivity contribution in [2.75, 3.05) is 0 Å². The minimum absolute atomic E-state index is 0.105. The minimum atomic E-state index is -0.650. The van der Waals surface area contributed by atoms with Crippen LogP contribution in [0.1, 0.15) is 54.4 Å². The summed E-state index contributed by atoms with van der Waals surface area (Å²) in [5.41, 5.74) is 3.81. The minimum Gasteiger partial charge on any atom is -0.352 e. The first-order valence-electron chi connectivity index (χ1n) is 12.9. The Morgan fingerprint density at radius 1 is 0.889 bits per heavy atom. The molecule has 0 saturated heterocycles. The molecule has 1 atom stereocenters. The molecule has 1 aliphatic rings. The van der Waals surface area contributed by atoms with E-state index in [4.69, 9.17) is 0 Å². The summed E-state index contributed by atoms with van der Waals surface area (Å²) in [5.74, 6) is -0.592. The van der Waals surface area contributed by atoms with Gasteiger partial charge < -0.3 is 10.2 Å². The average molecular weight is 487 g/mol. The van der Waals surface area contributed by atoms with E-state index < -0.39 is 6.04 Å². The molecular weight excluding hydrogens is 451 g/mol. The number of amides is 2. The topological polar surface area (TPSA) is 49.4 Å². The number of hydrogen-bond donors (Lipinski definition) is 1. The first-order chi connectivity index (χ1) is 17.5. The Morgan fingerprint density at radius 2 is 1.58 bits per heavy atom. The summed E-state index contributed by atoms with van der Waals surface area (Å²) in [6, 6.07) is 23.4. The van der Waals surface area contributed by atoms with Crippen molar-refractivity contribution in [1.29, 1.82) is 0 Å². The van der Waals surface area contributed by atoms with E-state index in [0.717, 1.165) is 47.9 Å². The van der Waals surface area contributed by atoms with Crippen molar-refractivity contribution in [2.24, 2.45) is 0 Å². The Morgan fingerprint density at radius 3 is 2.28 bits per heavy atom. The number of halogens is 1. The summed E-state index contributed by atoms with van der Waals surface area (Å²) in [6.45, 7) is 2.35. The quantitative estimate of drug-likeness (QED) is 0.418. The summed E-state index contributed by atoms with van der Waals surface area (Å²) in [4.78, 5) is 29.2. The van der Waals surface area contributed by atoms with Gasteiger partial charge in [0.25, 0.3) is 0 Å². The SMILES string of the molecule is Cc1cccc(CN(C(=O)Cc2ccc(F)cc2)[C@@H](Cc2ccccc2)C(=O)NC2CCCCC2)c1. The highest BCUT2D eigenvalue weighted by Gasteiger charge is 2.32.